The predicted molar refractivity (Wildman–Crippen MR) is 63.9 cm³/mol. The molecular weight excluding hydrogens is 202 g/mol. The van der Waals surface area contributed by atoms with E-state index < -0.39 is 0 Å². The molecule has 0 radical (unpaired) electrons. The number of nitriles is 1. The van der Waals surface area contributed by atoms with E-state index in [-0.39, 0.29) is 11.3 Å². The zero-order valence-corrected chi connectivity index (χ0v) is 9.97. The Morgan fingerprint density at radius 2 is 2.13 bits per heavy atom. The fourth-order valence-corrected chi connectivity index (χ4v) is 2.63. The zero-order chi connectivity index (χ0) is 10.9. The van der Waals surface area contributed by atoms with Gasteiger partial charge in [0, 0.05) is 10.3 Å². The van der Waals surface area contributed by atoms with Crippen LogP contribution in [0.1, 0.15) is 25.8 Å². The molecule has 1 aromatic rings. The lowest BCUT2D eigenvalue weighted by Gasteiger charge is -2.09. The van der Waals surface area contributed by atoms with Gasteiger partial charge in [0.2, 0.25) is 0 Å². The average Bonchev–Trinajstić information content (AvgIpc) is 2.93. The first kappa shape index (κ1) is 10.6. The largest absolute Gasteiger partial charge is 0.198 e. The Balaban J connectivity index is 2.15. The van der Waals surface area contributed by atoms with Crippen LogP contribution in [0.3, 0.4) is 0 Å². The van der Waals surface area contributed by atoms with Gasteiger partial charge in [-0.05, 0) is 29.9 Å². The van der Waals surface area contributed by atoms with Gasteiger partial charge in [-0.2, -0.15) is 5.26 Å². The highest BCUT2D eigenvalue weighted by molar-refractivity contribution is 7.99. The molecule has 0 aliphatic heterocycles. The van der Waals surface area contributed by atoms with Gasteiger partial charge in [0.15, 0.2) is 0 Å². The molecule has 1 nitrogen and oxygen atoms in total. The Hall–Kier alpha value is -0.940. The van der Waals surface area contributed by atoms with Gasteiger partial charge in [0.1, 0.15) is 0 Å². The highest BCUT2D eigenvalue weighted by Gasteiger charge is 2.51. The molecule has 1 saturated carbocycles. The number of thioether (sulfide) groups is 1. The Labute approximate surface area is 95.5 Å². The number of benzene rings is 1. The summed E-state index contributed by atoms with van der Waals surface area (Å²) in [4.78, 5) is 1.32. The Morgan fingerprint density at radius 3 is 2.60 bits per heavy atom. The van der Waals surface area contributed by atoms with E-state index in [1.165, 1.54) is 10.5 Å². The van der Waals surface area contributed by atoms with Crippen LogP contribution in [-0.2, 0) is 5.41 Å². The fourth-order valence-electron chi connectivity index (χ4n) is 1.97. The van der Waals surface area contributed by atoms with E-state index in [4.69, 9.17) is 5.26 Å². The molecule has 78 valence electrons. The van der Waals surface area contributed by atoms with Crippen molar-refractivity contribution in [2.24, 2.45) is 5.92 Å². The van der Waals surface area contributed by atoms with Gasteiger partial charge < -0.3 is 0 Å². The van der Waals surface area contributed by atoms with Crippen molar-refractivity contribution in [2.45, 2.75) is 30.6 Å². The van der Waals surface area contributed by atoms with Gasteiger partial charge in [-0.25, -0.2) is 0 Å². The van der Waals surface area contributed by atoms with Gasteiger partial charge in [-0.15, -0.1) is 11.8 Å². The van der Waals surface area contributed by atoms with Crippen LogP contribution in [0.2, 0.25) is 0 Å². The third-order valence-electron chi connectivity index (χ3n) is 3.22. The molecule has 1 aliphatic rings. The molecule has 0 amide bonds. The van der Waals surface area contributed by atoms with E-state index >= 15 is 0 Å². The first-order valence-corrected chi connectivity index (χ1v) is 6.32. The summed E-state index contributed by atoms with van der Waals surface area (Å²) in [6.07, 6.45) is 1.02. The summed E-state index contributed by atoms with van der Waals surface area (Å²) in [5, 5.41) is 8.89. The smallest absolute Gasteiger partial charge is 0.0665 e. The summed E-state index contributed by atoms with van der Waals surface area (Å²) in [7, 11) is 0. The highest BCUT2D eigenvalue weighted by Crippen LogP contribution is 2.53. The Kier molecular flexibility index (Phi) is 2.75. The van der Waals surface area contributed by atoms with Crippen LogP contribution in [0.4, 0.5) is 0 Å². The second-order valence-corrected chi connectivity index (χ2v) is 5.60. The summed E-state index contributed by atoms with van der Waals surface area (Å²) < 4.78 is 0. The van der Waals surface area contributed by atoms with Crippen LogP contribution in [0.25, 0.3) is 0 Å². The quantitative estimate of drug-likeness (QED) is 0.722. The van der Waals surface area contributed by atoms with Crippen molar-refractivity contribution in [1.29, 1.82) is 5.26 Å². The molecule has 0 heterocycles. The van der Waals surface area contributed by atoms with Crippen molar-refractivity contribution in [2.75, 3.05) is 5.75 Å². The van der Waals surface area contributed by atoms with Gasteiger partial charge in [-0.1, -0.05) is 26.0 Å². The second kappa shape index (κ2) is 3.90. The second-order valence-electron chi connectivity index (χ2n) is 4.26. The molecule has 2 unspecified atom stereocenters. The molecule has 0 N–H and O–H groups in total. The molecule has 0 bridgehead atoms. The molecule has 1 aromatic carbocycles. The maximum Gasteiger partial charge on any atom is 0.0665 e. The van der Waals surface area contributed by atoms with Gasteiger partial charge in [0.25, 0.3) is 0 Å². The van der Waals surface area contributed by atoms with E-state index in [9.17, 15) is 0 Å². The van der Waals surface area contributed by atoms with Gasteiger partial charge >= 0.3 is 0 Å². The lowest BCUT2D eigenvalue weighted by Crippen LogP contribution is -2.02. The van der Waals surface area contributed by atoms with Crippen molar-refractivity contribution in [3.63, 3.8) is 0 Å². The summed E-state index contributed by atoms with van der Waals surface area (Å²) in [5.74, 6) is 1.33. The van der Waals surface area contributed by atoms with Crippen LogP contribution in [0.15, 0.2) is 29.2 Å². The van der Waals surface area contributed by atoms with Crippen LogP contribution in [0, 0.1) is 17.2 Å². The van der Waals surface area contributed by atoms with E-state index in [0.717, 1.165) is 12.2 Å². The molecule has 0 aromatic heterocycles. The minimum Gasteiger partial charge on any atom is -0.198 e. The van der Waals surface area contributed by atoms with Crippen LogP contribution >= 0.6 is 11.8 Å². The first-order chi connectivity index (χ1) is 7.20. The molecule has 0 saturated heterocycles. The zero-order valence-electron chi connectivity index (χ0n) is 9.16. The number of hydrogen-bond donors (Lipinski definition) is 0. The van der Waals surface area contributed by atoms with E-state index in [1.807, 2.05) is 11.8 Å². The van der Waals surface area contributed by atoms with Crippen molar-refractivity contribution in [3.8, 4) is 6.07 Å². The number of hydrogen-bond acceptors (Lipinski definition) is 2. The Bertz CT molecular complexity index is 390. The fraction of sp³-hybridized carbons (Fsp3) is 0.462. The van der Waals surface area contributed by atoms with Crippen molar-refractivity contribution >= 4 is 11.8 Å². The Morgan fingerprint density at radius 1 is 1.47 bits per heavy atom. The van der Waals surface area contributed by atoms with Crippen LogP contribution < -0.4 is 0 Å². The number of rotatable bonds is 3. The maximum absolute atomic E-state index is 8.89. The molecule has 1 fully saturated rings. The van der Waals surface area contributed by atoms with Gasteiger partial charge in [-0.3, -0.25) is 0 Å². The predicted octanol–water partition coefficient (Wildman–Crippen LogP) is 3.60. The first-order valence-electron chi connectivity index (χ1n) is 5.33. The molecule has 2 rings (SSSR count). The number of nitrogens with zero attached hydrogens (tertiary/aromatic N) is 1. The molecule has 1 aliphatic carbocycles. The van der Waals surface area contributed by atoms with Gasteiger partial charge in [0.05, 0.1) is 12.0 Å². The topological polar surface area (TPSA) is 23.8 Å². The SMILES string of the molecule is CCSc1ccc(C2(C)CC2C#N)cc1. The van der Waals surface area contributed by atoms with Crippen molar-refractivity contribution < 1.29 is 0 Å². The van der Waals surface area contributed by atoms with Crippen molar-refractivity contribution in [3.05, 3.63) is 29.8 Å². The normalized spacial score (nSPS) is 28.5. The molecule has 2 heteroatoms. The summed E-state index contributed by atoms with van der Waals surface area (Å²) in [6, 6.07) is 11.1. The van der Waals surface area contributed by atoms with E-state index in [1.54, 1.807) is 0 Å². The average molecular weight is 217 g/mol. The highest BCUT2D eigenvalue weighted by atomic mass is 32.2. The molecule has 2 atom stereocenters. The molecule has 0 spiro atoms. The summed E-state index contributed by atoms with van der Waals surface area (Å²) in [6.45, 7) is 4.34. The molecular formula is C13H15NS. The monoisotopic (exact) mass is 217 g/mol. The standard InChI is InChI=1S/C13H15NS/c1-3-15-12-6-4-10(5-7-12)13(2)8-11(13)9-14/h4-7,11H,3,8H2,1-2H3. The minimum atomic E-state index is 0.129. The van der Waals surface area contributed by atoms with E-state index in [0.29, 0.717) is 0 Å². The van der Waals surface area contributed by atoms with E-state index in [2.05, 4.69) is 44.2 Å². The van der Waals surface area contributed by atoms with Crippen molar-refractivity contribution in [1.82, 2.24) is 0 Å². The molecule has 15 heavy (non-hydrogen) atoms. The lowest BCUT2D eigenvalue weighted by atomic mass is 9.96. The lowest BCUT2D eigenvalue weighted by molar-refractivity contribution is 0.741. The summed E-state index contributed by atoms with van der Waals surface area (Å²) in [5.41, 5.74) is 1.44. The minimum absolute atomic E-state index is 0.129. The van der Waals surface area contributed by atoms with Crippen LogP contribution in [-0.4, -0.2) is 5.75 Å². The third kappa shape index (κ3) is 1.89. The third-order valence-corrected chi connectivity index (χ3v) is 4.11. The summed E-state index contributed by atoms with van der Waals surface area (Å²) >= 11 is 1.86. The maximum atomic E-state index is 8.89. The van der Waals surface area contributed by atoms with Crippen LogP contribution in [0.5, 0.6) is 0 Å².